The molecule has 5 atom stereocenters. The van der Waals surface area contributed by atoms with Gasteiger partial charge in [0.25, 0.3) is 0 Å². The highest BCUT2D eigenvalue weighted by molar-refractivity contribution is 5.93. The van der Waals surface area contributed by atoms with Crippen molar-refractivity contribution in [2.75, 3.05) is 19.7 Å². The highest BCUT2D eigenvalue weighted by atomic mass is 16.3. The first-order valence-corrected chi connectivity index (χ1v) is 14.8. The Kier molecular flexibility index (Phi) is 12.8. The number of guanidine groups is 1. The monoisotopic (exact) mass is 612 g/mol. The van der Waals surface area contributed by atoms with Crippen LogP contribution >= 0.6 is 0 Å². The van der Waals surface area contributed by atoms with Crippen molar-refractivity contribution in [2.45, 2.75) is 69.7 Å². The molecule has 1 aliphatic rings. The number of nitrogens with one attached hydrogen (secondary N) is 2. The van der Waals surface area contributed by atoms with Crippen LogP contribution < -0.4 is 22.1 Å². The van der Waals surface area contributed by atoms with E-state index in [1.165, 1.54) is 29.2 Å². The zero-order valence-electron chi connectivity index (χ0n) is 24.9. The van der Waals surface area contributed by atoms with Crippen LogP contribution in [-0.4, -0.2) is 92.9 Å². The number of amides is 3. The van der Waals surface area contributed by atoms with Crippen LogP contribution in [0.1, 0.15) is 43.7 Å². The lowest BCUT2D eigenvalue weighted by Gasteiger charge is -2.30. The second-order valence-corrected chi connectivity index (χ2v) is 11.3. The molecule has 2 aromatic rings. The minimum absolute atomic E-state index is 0.00469. The topological polar surface area (TPSA) is 224 Å². The van der Waals surface area contributed by atoms with E-state index < -0.39 is 42.0 Å². The smallest absolute Gasteiger partial charge is 0.249 e. The number of carbonyl (C=O) groups is 3. The van der Waals surface area contributed by atoms with Gasteiger partial charge in [-0.15, -0.1) is 0 Å². The summed E-state index contributed by atoms with van der Waals surface area (Å²) in [4.78, 5) is 45.7. The lowest BCUT2D eigenvalue weighted by molar-refractivity contribution is -0.143. The number of carbonyl (C=O) groups excluding carboxylic acids is 3. The summed E-state index contributed by atoms with van der Waals surface area (Å²) in [6, 6.07) is 10.2. The van der Waals surface area contributed by atoms with Gasteiger partial charge in [-0.2, -0.15) is 0 Å². The van der Waals surface area contributed by atoms with Crippen LogP contribution in [0.2, 0.25) is 0 Å². The number of aryl methyl sites for hydroxylation is 1. The summed E-state index contributed by atoms with van der Waals surface area (Å²) in [7, 11) is 0. The second-order valence-electron chi connectivity index (χ2n) is 11.3. The predicted molar refractivity (Wildman–Crippen MR) is 164 cm³/mol. The van der Waals surface area contributed by atoms with Crippen molar-refractivity contribution in [3.8, 4) is 11.5 Å². The molecule has 0 radical (unpaired) electrons. The van der Waals surface area contributed by atoms with Gasteiger partial charge in [0, 0.05) is 19.5 Å². The fraction of sp³-hybridized carbons (Fsp3) is 0.484. The summed E-state index contributed by atoms with van der Waals surface area (Å²) in [6.07, 6.45) is 0.487. The normalized spacial score (nSPS) is 18.2. The molecule has 3 amide bonds. The van der Waals surface area contributed by atoms with Gasteiger partial charge in [0.05, 0.1) is 12.6 Å². The van der Waals surface area contributed by atoms with Crippen LogP contribution in [0.15, 0.2) is 53.5 Å². The zero-order chi connectivity index (χ0) is 32.2. The lowest BCUT2D eigenvalue weighted by atomic mass is 10.0. The number of aliphatic hydroxyl groups excluding tert-OH is 2. The van der Waals surface area contributed by atoms with Crippen LogP contribution in [0.25, 0.3) is 0 Å². The number of phenols is 2. The Bertz CT molecular complexity index is 1270. The van der Waals surface area contributed by atoms with Crippen molar-refractivity contribution in [3.05, 3.63) is 59.7 Å². The van der Waals surface area contributed by atoms with Gasteiger partial charge in [0.2, 0.25) is 17.7 Å². The third-order valence-corrected chi connectivity index (χ3v) is 7.60. The standard InChI is InChI=1S/C31H44N6O7/c1-19-15-26(28(42)35-22(18-38)3-2-14-34-31(32)33)37(17-19)30(44)25(16-21-6-11-24(40)12-7-21)36-29(43)27(41)13-8-20-4-9-23(39)10-5-20/h4-7,9-12,19,22,25-27,38-41H,2-3,8,13-18H2,1H3,(H,35,42)(H,36,43)(H4,32,33,34)/t19-,22-,25+,26-,27-/m0/s1. The quantitative estimate of drug-likeness (QED) is 0.0762. The maximum atomic E-state index is 14.0. The Balaban J connectivity index is 1.72. The second kappa shape index (κ2) is 16.5. The number of rotatable bonds is 15. The van der Waals surface area contributed by atoms with Crippen molar-refractivity contribution in [3.63, 3.8) is 0 Å². The first-order valence-electron chi connectivity index (χ1n) is 14.8. The highest BCUT2D eigenvalue weighted by Crippen LogP contribution is 2.25. The molecular formula is C31H44N6O7. The molecule has 2 aromatic carbocycles. The fourth-order valence-corrected chi connectivity index (χ4v) is 5.22. The van der Waals surface area contributed by atoms with Gasteiger partial charge in [-0.25, -0.2) is 0 Å². The summed E-state index contributed by atoms with van der Waals surface area (Å²) in [5.41, 5.74) is 12.2. The number of hydrogen-bond donors (Lipinski definition) is 8. The third-order valence-electron chi connectivity index (χ3n) is 7.60. The summed E-state index contributed by atoms with van der Waals surface area (Å²) in [5, 5.41) is 45.1. The molecule has 13 heteroatoms. The van der Waals surface area contributed by atoms with E-state index in [0.29, 0.717) is 37.8 Å². The Morgan fingerprint density at radius 3 is 2.18 bits per heavy atom. The van der Waals surface area contributed by atoms with Gasteiger partial charge in [0.1, 0.15) is 29.7 Å². The summed E-state index contributed by atoms with van der Waals surface area (Å²) >= 11 is 0. The molecule has 0 saturated carbocycles. The first-order chi connectivity index (χ1) is 21.0. The average Bonchev–Trinajstić information content (AvgIpc) is 3.40. The molecule has 0 spiro atoms. The number of aliphatic hydroxyl groups is 2. The number of phenolic OH excluding ortho intramolecular Hbond substituents is 2. The van der Waals surface area contributed by atoms with Gasteiger partial charge < -0.3 is 47.4 Å². The van der Waals surface area contributed by atoms with E-state index in [2.05, 4.69) is 15.6 Å². The predicted octanol–water partition coefficient (Wildman–Crippen LogP) is -0.113. The van der Waals surface area contributed by atoms with Crippen LogP contribution in [0.3, 0.4) is 0 Å². The lowest BCUT2D eigenvalue weighted by Crippen LogP contribution is -2.56. The fourth-order valence-electron chi connectivity index (χ4n) is 5.22. The van der Waals surface area contributed by atoms with E-state index in [0.717, 1.165) is 5.56 Å². The molecule has 0 aromatic heterocycles. The van der Waals surface area contributed by atoms with E-state index in [-0.39, 0.29) is 49.4 Å². The number of likely N-dealkylation sites (tertiary alicyclic amines) is 1. The van der Waals surface area contributed by atoms with Gasteiger partial charge >= 0.3 is 0 Å². The zero-order valence-corrected chi connectivity index (χ0v) is 24.9. The molecule has 1 saturated heterocycles. The van der Waals surface area contributed by atoms with Gasteiger partial charge in [0.15, 0.2) is 5.96 Å². The van der Waals surface area contributed by atoms with Crippen LogP contribution in [0.4, 0.5) is 0 Å². The first kappa shape index (κ1) is 34.1. The van der Waals surface area contributed by atoms with E-state index in [1.807, 2.05) is 6.92 Å². The van der Waals surface area contributed by atoms with Crippen molar-refractivity contribution < 1.29 is 34.8 Å². The average molecular weight is 613 g/mol. The summed E-state index contributed by atoms with van der Waals surface area (Å²) < 4.78 is 0. The molecule has 1 aliphatic heterocycles. The van der Waals surface area contributed by atoms with Crippen LogP contribution in [0, 0.1) is 5.92 Å². The molecule has 3 rings (SSSR count). The molecule has 0 unspecified atom stereocenters. The number of hydrogen-bond acceptors (Lipinski definition) is 8. The third kappa shape index (κ3) is 10.4. The van der Waals surface area contributed by atoms with Crippen molar-refractivity contribution in [1.82, 2.24) is 15.5 Å². The van der Waals surface area contributed by atoms with E-state index in [1.54, 1.807) is 24.3 Å². The summed E-state index contributed by atoms with van der Waals surface area (Å²) in [5.74, 6) is -1.49. The van der Waals surface area contributed by atoms with Crippen LogP contribution in [-0.2, 0) is 27.2 Å². The molecule has 1 heterocycles. The minimum atomic E-state index is -1.40. The number of nitrogens with zero attached hydrogens (tertiary/aromatic N) is 2. The largest absolute Gasteiger partial charge is 0.508 e. The molecule has 13 nitrogen and oxygen atoms in total. The Morgan fingerprint density at radius 2 is 1.59 bits per heavy atom. The molecule has 0 aliphatic carbocycles. The molecule has 240 valence electrons. The molecule has 1 fully saturated rings. The molecule has 44 heavy (non-hydrogen) atoms. The Hall–Kier alpha value is -4.36. The van der Waals surface area contributed by atoms with Crippen molar-refractivity contribution >= 4 is 23.7 Å². The van der Waals surface area contributed by atoms with E-state index in [4.69, 9.17) is 11.5 Å². The minimum Gasteiger partial charge on any atom is -0.508 e. The number of nitrogens with two attached hydrogens (primary N) is 2. The SMILES string of the molecule is C[C@H]1C[C@@H](C(=O)N[C@H](CO)CCCN=C(N)N)N(C(=O)[C@@H](Cc2ccc(O)cc2)NC(=O)[C@@H](O)CCc2ccc(O)cc2)C1. The molecule has 0 bridgehead atoms. The van der Waals surface area contributed by atoms with Gasteiger partial charge in [-0.1, -0.05) is 31.2 Å². The van der Waals surface area contributed by atoms with E-state index >= 15 is 0 Å². The molecular weight excluding hydrogens is 568 g/mol. The number of benzene rings is 2. The Morgan fingerprint density at radius 1 is 0.977 bits per heavy atom. The number of aromatic hydroxyl groups is 2. The van der Waals surface area contributed by atoms with E-state index in [9.17, 15) is 34.8 Å². The van der Waals surface area contributed by atoms with Crippen molar-refractivity contribution in [2.24, 2.45) is 22.4 Å². The molecule has 10 N–H and O–H groups in total. The highest BCUT2D eigenvalue weighted by Gasteiger charge is 2.41. The Labute approximate surface area is 257 Å². The van der Waals surface area contributed by atoms with Gasteiger partial charge in [-0.3, -0.25) is 19.4 Å². The maximum Gasteiger partial charge on any atom is 0.249 e. The number of aliphatic imine (C=N–C) groups is 1. The van der Waals surface area contributed by atoms with Crippen molar-refractivity contribution in [1.29, 1.82) is 0 Å². The maximum absolute atomic E-state index is 14.0. The van der Waals surface area contributed by atoms with Gasteiger partial charge in [-0.05, 0) is 73.4 Å². The summed E-state index contributed by atoms with van der Waals surface area (Å²) in [6.45, 7) is 2.26. The van der Waals surface area contributed by atoms with Crippen LogP contribution in [0.5, 0.6) is 11.5 Å².